The van der Waals surface area contributed by atoms with Gasteiger partial charge in [-0.3, -0.25) is 4.79 Å². The Kier molecular flexibility index (Phi) is 13.3. The van der Waals surface area contributed by atoms with E-state index in [9.17, 15) is 40.5 Å². The zero-order chi connectivity index (χ0) is 47.5. The number of aliphatic hydroxyl groups excluding tert-OH is 7. The molecule has 380 valence electrons. The van der Waals surface area contributed by atoms with E-state index in [1.54, 1.807) is 14.0 Å². The van der Waals surface area contributed by atoms with E-state index < -0.39 is 135 Å². The van der Waals surface area contributed by atoms with Crippen LogP contribution in [0.1, 0.15) is 91.9 Å². The van der Waals surface area contributed by atoms with Gasteiger partial charge in [-0.2, -0.15) is 0 Å². The molecule has 20 nitrogen and oxygen atoms in total. The first kappa shape index (κ1) is 49.1. The minimum atomic E-state index is -1.79. The number of fused-ring (bicyclic) bond motifs is 3. The molecule has 0 aromatic heterocycles. The molecule has 10 aliphatic rings. The Morgan fingerprint density at radius 1 is 0.672 bits per heavy atom. The molecule has 26 atom stereocenters. The van der Waals surface area contributed by atoms with Gasteiger partial charge < -0.3 is 92.6 Å². The number of hydrogen-bond donors (Lipinski definition) is 7. The van der Waals surface area contributed by atoms with E-state index >= 15 is 0 Å². The van der Waals surface area contributed by atoms with Crippen LogP contribution in [0.4, 0.5) is 0 Å². The average Bonchev–Trinajstić information content (AvgIpc) is 3.85. The third-order valence-corrected chi connectivity index (χ3v) is 18.1. The smallest absolute Gasteiger partial charge is 0.318 e. The van der Waals surface area contributed by atoms with E-state index in [0.29, 0.717) is 18.3 Å². The van der Waals surface area contributed by atoms with Gasteiger partial charge in [-0.05, 0) is 82.5 Å². The molecule has 0 radical (unpaired) electrons. The van der Waals surface area contributed by atoms with E-state index in [1.165, 1.54) is 12.7 Å². The highest BCUT2D eigenvalue weighted by Gasteiger charge is 2.86. The summed E-state index contributed by atoms with van der Waals surface area (Å²) in [7, 11) is 3.14. The molecule has 6 aliphatic heterocycles. The number of aliphatic hydroxyl groups is 7. The van der Waals surface area contributed by atoms with E-state index in [0.717, 1.165) is 51.4 Å². The van der Waals surface area contributed by atoms with Gasteiger partial charge in [-0.25, -0.2) is 0 Å². The fourth-order valence-electron chi connectivity index (χ4n) is 14.8. The van der Waals surface area contributed by atoms with Crippen molar-refractivity contribution in [3.05, 3.63) is 11.6 Å². The average molecular weight is 957 g/mol. The molecule has 4 bridgehead atoms. The fourth-order valence-corrected chi connectivity index (χ4v) is 14.8. The molecular weight excluding hydrogens is 884 g/mol. The van der Waals surface area contributed by atoms with Gasteiger partial charge in [0.2, 0.25) is 5.79 Å². The number of ether oxygens (including phenoxy) is 12. The first-order chi connectivity index (χ1) is 31.9. The predicted molar refractivity (Wildman–Crippen MR) is 225 cm³/mol. The summed E-state index contributed by atoms with van der Waals surface area (Å²) in [6.45, 7) is 6.67. The maximum atomic E-state index is 13.5. The van der Waals surface area contributed by atoms with Crippen molar-refractivity contribution in [1.29, 1.82) is 0 Å². The van der Waals surface area contributed by atoms with Crippen molar-refractivity contribution in [3.8, 4) is 0 Å². The number of carbonyl (C=O) groups excluding carboxylic acids is 1. The highest BCUT2D eigenvalue weighted by molar-refractivity contribution is 5.84. The van der Waals surface area contributed by atoms with Crippen molar-refractivity contribution in [3.63, 3.8) is 0 Å². The Morgan fingerprint density at radius 3 is 1.94 bits per heavy atom. The molecule has 0 amide bonds. The van der Waals surface area contributed by atoms with E-state index in [2.05, 4.69) is 13.0 Å². The van der Waals surface area contributed by atoms with E-state index in [1.807, 2.05) is 13.8 Å². The Hall–Kier alpha value is -1.51. The number of allylic oxidation sites excluding steroid dienone is 1. The molecule has 4 aliphatic carbocycles. The van der Waals surface area contributed by atoms with Crippen LogP contribution in [0.15, 0.2) is 11.6 Å². The lowest BCUT2D eigenvalue weighted by molar-refractivity contribution is -0.375. The summed E-state index contributed by atoms with van der Waals surface area (Å²) in [6.07, 6.45) is -10.2. The van der Waals surface area contributed by atoms with Crippen LogP contribution < -0.4 is 0 Å². The standard InChI is InChI=1S/C47H72O20/c1-20-38(63-32-17-27(57-6)39(21(2)59-32)64-42-37(54)35(52)40(29(19-49)62-42)65-41-36(53)34(51)33(50)28(18-48)61-41)26(56-5)16-31(58-20)60-23-9-12-44(3)22(15-23)7-8-25-24(44)10-13-46-30-11-14-47(25,46)67-45(30,4)66-43(46)55/h7,20-21,23-42,48-54H,8-19H2,1-6H3/t20-,21+,23+,24+,25-,26+,27-,28-,29-,30-,31+,32+,33-,34+,35-,36-,37-,38-,39+,40-,41+,42+,44+,45-,46-,47+/m1/s1. The minimum Gasteiger partial charge on any atom is -0.432 e. The Balaban J connectivity index is 0.729. The SMILES string of the molecule is CO[C@H]1C[C@H](O[C@H]2CC[C@@]3(C)C(=CC[C@@H]4[C@@H]3CC[C@@]35C(=O)O[C@]6(C)O[C@@]43CC[C@H]65)C2)O[C@H](C)[C@H]1O[C@H]1C[C@@H](OC)[C@@H](O[C@@H]2O[C@H](CO)[C@@H](O[C@@H]3O[C@H](CO)[C@@H](O)[C@H](O)[C@H]3O)[C@H](O)[C@H]2O)[C@H](C)O1. The second kappa shape index (κ2) is 18.2. The van der Waals surface area contributed by atoms with Crippen LogP contribution in [0, 0.1) is 28.6 Å². The lowest BCUT2D eigenvalue weighted by Crippen LogP contribution is -2.65. The van der Waals surface area contributed by atoms with Crippen LogP contribution in [0.5, 0.6) is 0 Å². The maximum absolute atomic E-state index is 13.5. The van der Waals surface area contributed by atoms with Crippen LogP contribution in [0.25, 0.3) is 0 Å². The van der Waals surface area contributed by atoms with Gasteiger partial charge in [-0.15, -0.1) is 0 Å². The number of hydrogen-bond acceptors (Lipinski definition) is 20. The molecule has 7 N–H and O–H groups in total. The van der Waals surface area contributed by atoms with Crippen molar-refractivity contribution in [1.82, 2.24) is 0 Å². The van der Waals surface area contributed by atoms with Crippen LogP contribution in [-0.4, -0.2) is 197 Å². The topological polar surface area (TPSA) is 269 Å². The zero-order valence-corrected chi connectivity index (χ0v) is 39.2. The summed E-state index contributed by atoms with van der Waals surface area (Å²) >= 11 is 0. The molecule has 10 rings (SSSR count). The Labute approximate surface area is 390 Å². The summed E-state index contributed by atoms with van der Waals surface area (Å²) < 4.78 is 74.0. The van der Waals surface area contributed by atoms with Gasteiger partial charge in [0.1, 0.15) is 66.5 Å². The van der Waals surface area contributed by atoms with Crippen molar-refractivity contribution >= 4 is 5.97 Å². The third-order valence-electron chi connectivity index (χ3n) is 18.1. The predicted octanol–water partition coefficient (Wildman–Crippen LogP) is 0.0508. The number of carbonyl (C=O) groups is 1. The number of methoxy groups -OCH3 is 2. The number of esters is 1. The zero-order valence-electron chi connectivity index (χ0n) is 39.2. The van der Waals surface area contributed by atoms with Crippen LogP contribution in [-0.2, 0) is 61.6 Å². The quantitative estimate of drug-likeness (QED) is 0.101. The number of rotatable bonds is 12. The summed E-state index contributed by atoms with van der Waals surface area (Å²) in [5.74, 6) is 0.0560. The maximum Gasteiger partial charge on any atom is 0.318 e. The highest BCUT2D eigenvalue weighted by Crippen LogP contribution is 2.78. The molecule has 3 saturated carbocycles. The normalized spacial score (nSPS) is 55.9. The molecule has 67 heavy (non-hydrogen) atoms. The molecule has 9 fully saturated rings. The monoisotopic (exact) mass is 956 g/mol. The Bertz CT molecular complexity index is 1840. The molecule has 20 heteroatoms. The fraction of sp³-hybridized carbons (Fsp3) is 0.936. The van der Waals surface area contributed by atoms with Crippen LogP contribution >= 0.6 is 0 Å². The van der Waals surface area contributed by atoms with Gasteiger partial charge in [-0.1, -0.05) is 18.6 Å². The van der Waals surface area contributed by atoms with Gasteiger partial charge in [0.25, 0.3) is 0 Å². The first-order valence-electron chi connectivity index (χ1n) is 24.5. The molecule has 6 saturated heterocycles. The summed E-state index contributed by atoms with van der Waals surface area (Å²) in [6, 6.07) is 0. The van der Waals surface area contributed by atoms with Gasteiger partial charge >= 0.3 is 5.97 Å². The van der Waals surface area contributed by atoms with Gasteiger partial charge in [0.15, 0.2) is 25.2 Å². The minimum absolute atomic E-state index is 0.00762. The summed E-state index contributed by atoms with van der Waals surface area (Å²) in [4.78, 5) is 13.5. The highest BCUT2D eigenvalue weighted by atomic mass is 16.8. The van der Waals surface area contributed by atoms with Crippen molar-refractivity contribution in [2.75, 3.05) is 27.4 Å². The first-order valence-corrected chi connectivity index (χ1v) is 24.5. The van der Waals surface area contributed by atoms with E-state index in [4.69, 9.17) is 56.8 Å². The van der Waals surface area contributed by atoms with Crippen LogP contribution in [0.2, 0.25) is 0 Å². The molecule has 0 aromatic carbocycles. The summed E-state index contributed by atoms with van der Waals surface area (Å²) in [5.41, 5.74) is 0.521. The van der Waals surface area contributed by atoms with Crippen molar-refractivity contribution < 1.29 is 97.4 Å². The van der Waals surface area contributed by atoms with Crippen molar-refractivity contribution in [2.24, 2.45) is 28.6 Å². The molecule has 0 aromatic rings. The van der Waals surface area contributed by atoms with Crippen LogP contribution in [0.3, 0.4) is 0 Å². The molecule has 0 unspecified atom stereocenters. The third kappa shape index (κ3) is 7.65. The lowest BCUT2D eigenvalue weighted by Gasteiger charge is -2.61. The second-order valence-electron chi connectivity index (χ2n) is 21.4. The van der Waals surface area contributed by atoms with Gasteiger partial charge in [0.05, 0.1) is 49.3 Å². The molecular formula is C47H72O20. The van der Waals surface area contributed by atoms with Gasteiger partial charge in [0, 0.05) is 39.9 Å². The van der Waals surface area contributed by atoms with E-state index in [-0.39, 0.29) is 35.9 Å². The summed E-state index contributed by atoms with van der Waals surface area (Å²) in [5, 5.41) is 73.0. The second-order valence-corrected chi connectivity index (χ2v) is 21.4. The lowest BCUT2D eigenvalue weighted by atomic mass is 9.46. The molecule has 1 spiro atoms. The largest absolute Gasteiger partial charge is 0.432 e. The molecule has 6 heterocycles. The Morgan fingerprint density at radius 2 is 1.28 bits per heavy atom. The van der Waals surface area contributed by atoms with Crippen molar-refractivity contribution in [2.45, 2.75) is 220 Å².